The Labute approximate surface area is 140 Å². The van der Waals surface area contributed by atoms with Crippen LogP contribution in [0.2, 0.25) is 0 Å². The molecule has 0 fully saturated rings. The summed E-state index contributed by atoms with van der Waals surface area (Å²) in [5.74, 6) is 0.00814. The van der Waals surface area contributed by atoms with Gasteiger partial charge in [-0.1, -0.05) is 0 Å². The molecule has 1 aromatic heterocycles. The van der Waals surface area contributed by atoms with E-state index in [2.05, 4.69) is 15.5 Å². The molecule has 0 bridgehead atoms. The second-order valence-electron chi connectivity index (χ2n) is 5.35. The third-order valence-electron chi connectivity index (χ3n) is 3.86. The van der Waals surface area contributed by atoms with Gasteiger partial charge < -0.3 is 10.1 Å². The Morgan fingerprint density at radius 3 is 2.60 bits per heavy atom. The van der Waals surface area contributed by atoms with E-state index in [1.807, 2.05) is 0 Å². The fraction of sp³-hybridized carbons (Fsp3) is 0.176. The molecule has 0 saturated heterocycles. The summed E-state index contributed by atoms with van der Waals surface area (Å²) in [5, 5.41) is 9.37. The van der Waals surface area contributed by atoms with Gasteiger partial charge in [-0.2, -0.15) is 18.3 Å². The molecule has 2 N–H and O–H groups in total. The zero-order chi connectivity index (χ0) is 18.2. The predicted octanol–water partition coefficient (Wildman–Crippen LogP) is 3.62. The minimum Gasteiger partial charge on any atom is -0.496 e. The van der Waals surface area contributed by atoms with E-state index in [1.54, 1.807) is 12.1 Å². The number of amides is 1. The van der Waals surface area contributed by atoms with Crippen molar-refractivity contribution in [3.05, 3.63) is 47.7 Å². The maximum atomic E-state index is 13.2. The van der Waals surface area contributed by atoms with Crippen molar-refractivity contribution in [3.8, 4) is 16.9 Å². The first-order valence-corrected chi connectivity index (χ1v) is 7.30. The molecule has 0 atom stereocenters. The van der Waals surface area contributed by atoms with Crippen LogP contribution in [0.4, 0.5) is 13.2 Å². The number of aromatic amines is 1. The van der Waals surface area contributed by atoms with Crippen molar-refractivity contribution in [1.82, 2.24) is 15.5 Å². The number of aromatic nitrogens is 2. The van der Waals surface area contributed by atoms with E-state index >= 15 is 0 Å². The first-order chi connectivity index (χ1) is 11.8. The first kappa shape index (κ1) is 16.8. The highest BCUT2D eigenvalue weighted by Gasteiger charge is 2.32. The Hall–Kier alpha value is -3.03. The molecule has 5 nitrogen and oxygen atoms in total. The van der Waals surface area contributed by atoms with Crippen molar-refractivity contribution in [1.29, 1.82) is 0 Å². The number of nitrogens with zero attached hydrogens (tertiary/aromatic N) is 1. The molecule has 1 amide bonds. The maximum Gasteiger partial charge on any atom is 0.416 e. The fourth-order valence-corrected chi connectivity index (χ4v) is 2.64. The van der Waals surface area contributed by atoms with Gasteiger partial charge in [0.05, 0.1) is 24.4 Å². The molecule has 0 aliphatic heterocycles. The monoisotopic (exact) mass is 349 g/mol. The van der Waals surface area contributed by atoms with Gasteiger partial charge in [-0.05, 0) is 35.9 Å². The minimum absolute atomic E-state index is 0.247. The van der Waals surface area contributed by atoms with Crippen LogP contribution >= 0.6 is 0 Å². The van der Waals surface area contributed by atoms with Crippen molar-refractivity contribution in [2.24, 2.45) is 0 Å². The lowest BCUT2D eigenvalue weighted by molar-refractivity contribution is -0.137. The Balaban J connectivity index is 2.31. The number of methoxy groups -OCH3 is 1. The molecule has 0 unspecified atom stereocenters. The quantitative estimate of drug-likeness (QED) is 0.759. The molecule has 3 aromatic rings. The van der Waals surface area contributed by atoms with Gasteiger partial charge in [-0.25, -0.2) is 0 Å². The molecule has 0 radical (unpaired) electrons. The normalized spacial score (nSPS) is 11.6. The van der Waals surface area contributed by atoms with E-state index in [-0.39, 0.29) is 17.0 Å². The van der Waals surface area contributed by atoms with Crippen LogP contribution in [0.1, 0.15) is 15.9 Å². The lowest BCUT2D eigenvalue weighted by Crippen LogP contribution is -2.17. The van der Waals surface area contributed by atoms with E-state index in [0.29, 0.717) is 22.3 Å². The largest absolute Gasteiger partial charge is 0.496 e. The minimum atomic E-state index is -4.51. The van der Waals surface area contributed by atoms with Crippen LogP contribution in [0.15, 0.2) is 36.5 Å². The van der Waals surface area contributed by atoms with Crippen LogP contribution < -0.4 is 10.1 Å². The number of rotatable bonds is 3. The van der Waals surface area contributed by atoms with E-state index < -0.39 is 11.7 Å². The number of H-pyrrole nitrogens is 1. The van der Waals surface area contributed by atoms with Crippen LogP contribution in [0.3, 0.4) is 0 Å². The second-order valence-corrected chi connectivity index (χ2v) is 5.35. The molecule has 2 aromatic carbocycles. The van der Waals surface area contributed by atoms with E-state index in [1.165, 1.54) is 26.4 Å². The third kappa shape index (κ3) is 3.02. The summed E-state index contributed by atoms with van der Waals surface area (Å²) in [5.41, 5.74) is 0.401. The van der Waals surface area contributed by atoms with Gasteiger partial charge in [0.15, 0.2) is 0 Å². The second kappa shape index (κ2) is 6.12. The van der Waals surface area contributed by atoms with Crippen LogP contribution in [0.25, 0.3) is 22.0 Å². The average molecular weight is 349 g/mol. The van der Waals surface area contributed by atoms with Crippen LogP contribution in [0, 0.1) is 0 Å². The number of carbonyl (C=O) groups excluding carboxylic acids is 1. The molecule has 3 rings (SSSR count). The fourth-order valence-electron chi connectivity index (χ4n) is 2.64. The van der Waals surface area contributed by atoms with Gasteiger partial charge in [0, 0.05) is 23.6 Å². The predicted molar refractivity (Wildman–Crippen MR) is 86.5 cm³/mol. The molecule has 0 aliphatic carbocycles. The van der Waals surface area contributed by atoms with Crippen LogP contribution in [-0.4, -0.2) is 30.3 Å². The molecule has 130 valence electrons. The zero-order valence-electron chi connectivity index (χ0n) is 13.4. The van der Waals surface area contributed by atoms with Gasteiger partial charge >= 0.3 is 6.18 Å². The van der Waals surface area contributed by atoms with Crippen LogP contribution in [-0.2, 0) is 6.18 Å². The van der Waals surface area contributed by atoms with E-state index in [4.69, 9.17) is 4.74 Å². The number of hydrogen-bond acceptors (Lipinski definition) is 3. The number of halogens is 3. The molecule has 0 aliphatic rings. The summed E-state index contributed by atoms with van der Waals surface area (Å²) < 4.78 is 45.0. The Morgan fingerprint density at radius 2 is 1.96 bits per heavy atom. The smallest absolute Gasteiger partial charge is 0.416 e. The average Bonchev–Trinajstić information content (AvgIpc) is 3.07. The third-order valence-corrected chi connectivity index (χ3v) is 3.86. The zero-order valence-corrected chi connectivity index (χ0v) is 13.4. The summed E-state index contributed by atoms with van der Waals surface area (Å²) in [6, 6.07) is 6.62. The van der Waals surface area contributed by atoms with E-state index in [9.17, 15) is 18.0 Å². The molecular formula is C17H14F3N3O2. The van der Waals surface area contributed by atoms with Gasteiger partial charge in [0.25, 0.3) is 5.91 Å². The van der Waals surface area contributed by atoms with E-state index in [0.717, 1.165) is 12.1 Å². The SMILES string of the molecule is CNC(=O)c1ccc(OC)c(-c2cc(C(F)(F)F)cc3[nH]ncc23)c1. The number of alkyl halides is 3. The highest BCUT2D eigenvalue weighted by atomic mass is 19.4. The topological polar surface area (TPSA) is 67.0 Å². The Bertz CT molecular complexity index is 948. The van der Waals surface area contributed by atoms with Crippen molar-refractivity contribution in [2.75, 3.05) is 14.2 Å². The number of fused-ring (bicyclic) bond motifs is 1. The number of hydrogen-bond donors (Lipinski definition) is 2. The molecular weight excluding hydrogens is 335 g/mol. The number of benzene rings is 2. The van der Waals surface area contributed by atoms with Gasteiger partial charge in [-0.15, -0.1) is 0 Å². The maximum absolute atomic E-state index is 13.2. The Morgan fingerprint density at radius 1 is 1.20 bits per heavy atom. The van der Waals surface area contributed by atoms with Crippen molar-refractivity contribution in [2.45, 2.75) is 6.18 Å². The molecule has 0 spiro atoms. The molecule has 8 heteroatoms. The van der Waals surface area contributed by atoms with Crippen molar-refractivity contribution >= 4 is 16.8 Å². The molecule has 25 heavy (non-hydrogen) atoms. The molecule has 1 heterocycles. The highest BCUT2D eigenvalue weighted by Crippen LogP contribution is 2.40. The summed E-state index contributed by atoms with van der Waals surface area (Å²) in [6.45, 7) is 0. The standard InChI is InChI=1S/C17H14F3N3O2/c1-21-16(24)9-3-4-15(25-2)12(5-9)11-6-10(17(18,19)20)7-14-13(11)8-22-23-14/h3-8H,1-2H3,(H,21,24)(H,22,23). The lowest BCUT2D eigenvalue weighted by Gasteiger charge is -2.14. The summed E-state index contributed by atoms with van der Waals surface area (Å²) in [6.07, 6.45) is -3.07. The first-order valence-electron chi connectivity index (χ1n) is 7.30. The summed E-state index contributed by atoms with van der Waals surface area (Å²) >= 11 is 0. The lowest BCUT2D eigenvalue weighted by atomic mass is 9.96. The van der Waals surface area contributed by atoms with Crippen molar-refractivity contribution in [3.63, 3.8) is 0 Å². The Kier molecular flexibility index (Phi) is 4.12. The highest BCUT2D eigenvalue weighted by molar-refractivity contribution is 6.00. The van der Waals surface area contributed by atoms with Crippen LogP contribution in [0.5, 0.6) is 5.75 Å². The van der Waals surface area contributed by atoms with Gasteiger partial charge in [-0.3, -0.25) is 9.89 Å². The summed E-state index contributed by atoms with van der Waals surface area (Å²) in [4.78, 5) is 11.9. The number of carbonyl (C=O) groups is 1. The number of nitrogens with one attached hydrogen (secondary N) is 2. The van der Waals surface area contributed by atoms with Gasteiger partial charge in [0.1, 0.15) is 5.75 Å². The molecule has 0 saturated carbocycles. The van der Waals surface area contributed by atoms with Gasteiger partial charge in [0.2, 0.25) is 0 Å². The summed E-state index contributed by atoms with van der Waals surface area (Å²) in [7, 11) is 2.89. The number of ether oxygens (including phenoxy) is 1. The van der Waals surface area contributed by atoms with Crippen molar-refractivity contribution < 1.29 is 22.7 Å².